The lowest BCUT2D eigenvalue weighted by Gasteiger charge is -2.08. The first-order valence-electron chi connectivity index (χ1n) is 10.1. The lowest BCUT2D eigenvalue weighted by molar-refractivity contribution is 0.673. The van der Waals surface area contributed by atoms with E-state index in [0.29, 0.717) is 5.92 Å². The number of hydrogen-bond donors (Lipinski definition) is 1. The van der Waals surface area contributed by atoms with Crippen molar-refractivity contribution in [1.29, 1.82) is 0 Å². The first kappa shape index (κ1) is 19.4. The van der Waals surface area contributed by atoms with Crippen LogP contribution in [0.4, 0.5) is 0 Å². The van der Waals surface area contributed by atoms with Gasteiger partial charge >= 0.3 is 0 Å². The Labute approximate surface area is 163 Å². The van der Waals surface area contributed by atoms with Gasteiger partial charge in [-0.25, -0.2) is 0 Å². The van der Waals surface area contributed by atoms with Crippen molar-refractivity contribution >= 4 is 21.8 Å². The van der Waals surface area contributed by atoms with E-state index in [4.69, 9.17) is 4.98 Å². The third-order valence-electron chi connectivity index (χ3n) is 5.40. The number of rotatable bonds is 7. The van der Waals surface area contributed by atoms with E-state index >= 15 is 0 Å². The number of nitrogens with one attached hydrogen (secondary N) is 1. The molecule has 0 aliphatic carbocycles. The summed E-state index contributed by atoms with van der Waals surface area (Å²) in [5.41, 5.74) is 7.64. The standard InChI is InChI=1S/C25H32N2/c1-17(2)10-8-11-18(3)12-9-13-19(4)24-16-22-20(5)26-23-15-7-6-14-21(23)25(22)27-24/h6-7,10,12,14-16,19,27H,8-9,11,13H2,1-5H3/b18-12+. The zero-order valence-corrected chi connectivity index (χ0v) is 17.4. The van der Waals surface area contributed by atoms with Gasteiger partial charge in [-0.05, 0) is 71.4 Å². The average Bonchev–Trinajstić information content (AvgIpc) is 3.08. The molecule has 3 aromatic rings. The number of pyridine rings is 1. The molecule has 3 rings (SSSR count). The number of para-hydroxylation sites is 1. The molecular weight excluding hydrogens is 328 g/mol. The number of benzene rings is 1. The van der Waals surface area contributed by atoms with E-state index in [9.17, 15) is 0 Å². The molecule has 27 heavy (non-hydrogen) atoms. The maximum atomic E-state index is 4.77. The predicted molar refractivity (Wildman–Crippen MR) is 118 cm³/mol. The Bertz CT molecular complexity index is 984. The first-order valence-corrected chi connectivity index (χ1v) is 10.1. The summed E-state index contributed by atoms with van der Waals surface area (Å²) < 4.78 is 0. The van der Waals surface area contributed by atoms with E-state index in [1.165, 1.54) is 39.6 Å². The summed E-state index contributed by atoms with van der Waals surface area (Å²) >= 11 is 0. The van der Waals surface area contributed by atoms with Gasteiger partial charge in [0.05, 0.1) is 11.0 Å². The van der Waals surface area contributed by atoms with E-state index in [1.807, 2.05) is 0 Å². The molecule has 1 N–H and O–H groups in total. The molecule has 0 fully saturated rings. The molecular formula is C25H32N2. The Kier molecular flexibility index (Phi) is 6.15. The van der Waals surface area contributed by atoms with Gasteiger partial charge in [0, 0.05) is 22.2 Å². The first-order chi connectivity index (χ1) is 13.0. The fraction of sp³-hybridized carbons (Fsp3) is 0.400. The Hall–Kier alpha value is -2.35. The average molecular weight is 361 g/mol. The van der Waals surface area contributed by atoms with Crippen molar-refractivity contribution in [2.24, 2.45) is 0 Å². The Morgan fingerprint density at radius 1 is 1.07 bits per heavy atom. The van der Waals surface area contributed by atoms with E-state index < -0.39 is 0 Å². The Morgan fingerprint density at radius 3 is 2.63 bits per heavy atom. The van der Waals surface area contributed by atoms with Crippen LogP contribution in [0.25, 0.3) is 21.8 Å². The zero-order chi connectivity index (χ0) is 19.4. The second kappa shape index (κ2) is 8.56. The molecule has 1 atom stereocenters. The van der Waals surface area contributed by atoms with Crippen LogP contribution >= 0.6 is 0 Å². The molecule has 0 radical (unpaired) electrons. The van der Waals surface area contributed by atoms with E-state index in [0.717, 1.165) is 30.5 Å². The minimum absolute atomic E-state index is 0.511. The van der Waals surface area contributed by atoms with Gasteiger partial charge in [0.1, 0.15) is 0 Å². The molecule has 0 aliphatic rings. The van der Waals surface area contributed by atoms with Gasteiger partial charge in [0.2, 0.25) is 0 Å². The third-order valence-corrected chi connectivity index (χ3v) is 5.40. The van der Waals surface area contributed by atoms with E-state index in [1.54, 1.807) is 0 Å². The van der Waals surface area contributed by atoms with E-state index in [2.05, 4.69) is 82.1 Å². The fourth-order valence-electron chi connectivity index (χ4n) is 3.69. The van der Waals surface area contributed by atoms with Crippen molar-refractivity contribution in [2.45, 2.75) is 66.2 Å². The number of aromatic nitrogens is 2. The number of aryl methyl sites for hydroxylation is 1. The summed E-state index contributed by atoms with van der Waals surface area (Å²) in [5, 5.41) is 2.47. The lowest BCUT2D eigenvalue weighted by Crippen LogP contribution is -1.93. The molecule has 0 bridgehead atoms. The topological polar surface area (TPSA) is 28.7 Å². The van der Waals surface area contributed by atoms with Gasteiger partial charge in [-0.15, -0.1) is 0 Å². The summed E-state index contributed by atoms with van der Waals surface area (Å²) in [6.45, 7) is 11.0. The summed E-state index contributed by atoms with van der Waals surface area (Å²) in [6, 6.07) is 10.7. The largest absolute Gasteiger partial charge is 0.358 e. The van der Waals surface area contributed by atoms with Gasteiger partial charge < -0.3 is 4.98 Å². The predicted octanol–water partition coefficient (Wildman–Crippen LogP) is 7.60. The maximum absolute atomic E-state index is 4.77. The van der Waals surface area contributed by atoms with Crippen LogP contribution in [0.1, 0.15) is 70.7 Å². The summed E-state index contributed by atoms with van der Waals surface area (Å²) in [4.78, 5) is 8.46. The monoisotopic (exact) mass is 360 g/mol. The van der Waals surface area contributed by atoms with Crippen molar-refractivity contribution in [2.75, 3.05) is 0 Å². The molecule has 0 spiro atoms. The quantitative estimate of drug-likeness (QED) is 0.432. The molecule has 2 nitrogen and oxygen atoms in total. The normalized spacial score (nSPS) is 13.3. The number of hydrogen-bond acceptors (Lipinski definition) is 1. The smallest absolute Gasteiger partial charge is 0.0726 e. The van der Waals surface area contributed by atoms with E-state index in [-0.39, 0.29) is 0 Å². The molecule has 0 saturated heterocycles. The van der Waals surface area contributed by atoms with Gasteiger partial charge in [-0.1, -0.05) is 48.4 Å². The molecule has 1 unspecified atom stereocenters. The van der Waals surface area contributed by atoms with Crippen molar-refractivity contribution in [3.05, 3.63) is 65.0 Å². The van der Waals surface area contributed by atoms with Crippen LogP contribution in [0.15, 0.2) is 53.6 Å². The third kappa shape index (κ3) is 4.68. The highest BCUT2D eigenvalue weighted by Gasteiger charge is 2.13. The number of nitrogens with zero attached hydrogens (tertiary/aromatic N) is 1. The highest BCUT2D eigenvalue weighted by Crippen LogP contribution is 2.30. The number of allylic oxidation sites excluding steroid dienone is 4. The molecule has 0 amide bonds. The highest BCUT2D eigenvalue weighted by atomic mass is 14.8. The van der Waals surface area contributed by atoms with Crippen molar-refractivity contribution in [3.63, 3.8) is 0 Å². The Balaban J connectivity index is 1.71. The summed E-state index contributed by atoms with van der Waals surface area (Å²) in [7, 11) is 0. The van der Waals surface area contributed by atoms with Crippen LogP contribution in [0.5, 0.6) is 0 Å². The van der Waals surface area contributed by atoms with Gasteiger partial charge in [0.25, 0.3) is 0 Å². The number of aromatic amines is 1. The molecule has 0 saturated carbocycles. The number of H-pyrrole nitrogens is 1. The van der Waals surface area contributed by atoms with Crippen LogP contribution < -0.4 is 0 Å². The van der Waals surface area contributed by atoms with Crippen LogP contribution in [0.3, 0.4) is 0 Å². The molecule has 1 aromatic carbocycles. The van der Waals surface area contributed by atoms with Crippen LogP contribution in [-0.4, -0.2) is 9.97 Å². The van der Waals surface area contributed by atoms with Crippen LogP contribution in [-0.2, 0) is 0 Å². The number of fused-ring (bicyclic) bond motifs is 3. The fourth-order valence-corrected chi connectivity index (χ4v) is 3.69. The lowest BCUT2D eigenvalue weighted by atomic mass is 10.00. The summed E-state index contributed by atoms with van der Waals surface area (Å²) in [5.74, 6) is 0.511. The SMILES string of the molecule is CC(C)=CCC/C(C)=C/CCC(C)c1cc2c(C)nc3ccccc3c2[nH]1. The minimum atomic E-state index is 0.511. The Morgan fingerprint density at radius 2 is 1.85 bits per heavy atom. The molecule has 2 heteroatoms. The molecule has 0 aliphatic heterocycles. The molecule has 2 aromatic heterocycles. The van der Waals surface area contributed by atoms with Crippen molar-refractivity contribution < 1.29 is 0 Å². The second-order valence-electron chi connectivity index (χ2n) is 8.08. The van der Waals surface area contributed by atoms with Gasteiger partial charge in [-0.2, -0.15) is 0 Å². The van der Waals surface area contributed by atoms with Gasteiger partial charge in [0.15, 0.2) is 0 Å². The highest BCUT2D eigenvalue weighted by molar-refractivity contribution is 6.04. The van der Waals surface area contributed by atoms with Crippen LogP contribution in [0, 0.1) is 6.92 Å². The molecule has 142 valence electrons. The minimum Gasteiger partial charge on any atom is -0.358 e. The zero-order valence-electron chi connectivity index (χ0n) is 17.4. The summed E-state index contributed by atoms with van der Waals surface area (Å²) in [6.07, 6.45) is 9.36. The maximum Gasteiger partial charge on any atom is 0.0726 e. The second-order valence-corrected chi connectivity index (χ2v) is 8.08. The van der Waals surface area contributed by atoms with Crippen molar-refractivity contribution in [1.82, 2.24) is 9.97 Å². The van der Waals surface area contributed by atoms with Gasteiger partial charge in [-0.3, -0.25) is 4.98 Å². The van der Waals surface area contributed by atoms with Crippen LogP contribution in [0.2, 0.25) is 0 Å². The van der Waals surface area contributed by atoms with Crippen molar-refractivity contribution in [3.8, 4) is 0 Å². The molecule has 2 heterocycles.